The third-order valence-electron chi connectivity index (χ3n) is 2.59. The Morgan fingerprint density at radius 2 is 2.00 bits per heavy atom. The number of nitrogens with one attached hydrogen (secondary N) is 1. The molecule has 6 heteroatoms. The Balaban J connectivity index is 2.41. The molecule has 104 valence electrons. The lowest BCUT2D eigenvalue weighted by Crippen LogP contribution is -2.18. The zero-order valence-corrected chi connectivity index (χ0v) is 12.2. The quantitative estimate of drug-likeness (QED) is 0.843. The van der Waals surface area contributed by atoms with E-state index in [4.69, 9.17) is 10.5 Å². The highest BCUT2D eigenvalue weighted by Gasteiger charge is 2.13. The van der Waals surface area contributed by atoms with Crippen molar-refractivity contribution in [2.24, 2.45) is 0 Å². The molecule has 2 aromatic carbocycles. The zero-order valence-electron chi connectivity index (χ0n) is 10.6. The summed E-state index contributed by atoms with van der Waals surface area (Å²) in [5, 5.41) is 2.52. The van der Waals surface area contributed by atoms with Crippen molar-refractivity contribution in [3.05, 3.63) is 52.3 Å². The fourth-order valence-electron chi connectivity index (χ4n) is 1.62. The maximum Gasteiger partial charge on any atom is 0.254 e. The third-order valence-corrected chi connectivity index (χ3v) is 3.21. The van der Waals surface area contributed by atoms with Crippen LogP contribution in [0.2, 0.25) is 0 Å². The number of carbonyl (C=O) groups excluding carboxylic acids is 1. The predicted molar refractivity (Wildman–Crippen MR) is 78.4 cm³/mol. The van der Waals surface area contributed by atoms with Crippen LogP contribution >= 0.6 is 15.9 Å². The van der Waals surface area contributed by atoms with Gasteiger partial charge in [-0.3, -0.25) is 4.79 Å². The van der Waals surface area contributed by atoms with Crippen molar-refractivity contribution < 1.29 is 13.9 Å². The largest absolute Gasteiger partial charge is 0.455 e. The highest BCUT2D eigenvalue weighted by Crippen LogP contribution is 2.33. The lowest BCUT2D eigenvalue weighted by atomic mass is 10.1. The summed E-state index contributed by atoms with van der Waals surface area (Å²) in [6, 6.07) is 8.74. The molecule has 0 aliphatic rings. The third kappa shape index (κ3) is 3.08. The van der Waals surface area contributed by atoms with Crippen LogP contribution in [0, 0.1) is 5.82 Å². The standard InChI is InChI=1S/C14H12BrFN2O2/c1-18-14(19)10-4-3-9(17)7-13(10)20-12-5-2-8(16)6-11(12)15/h2-7H,17H2,1H3,(H,18,19). The van der Waals surface area contributed by atoms with Crippen LogP contribution < -0.4 is 15.8 Å². The number of nitrogens with two attached hydrogens (primary N) is 1. The molecule has 2 rings (SSSR count). The van der Waals surface area contributed by atoms with E-state index in [9.17, 15) is 9.18 Å². The molecule has 0 aliphatic carbocycles. The molecule has 0 bridgehead atoms. The molecule has 20 heavy (non-hydrogen) atoms. The van der Waals surface area contributed by atoms with Crippen LogP contribution in [0.25, 0.3) is 0 Å². The molecular formula is C14H12BrFN2O2. The molecule has 0 fully saturated rings. The fourth-order valence-corrected chi connectivity index (χ4v) is 2.05. The lowest BCUT2D eigenvalue weighted by Gasteiger charge is -2.12. The normalized spacial score (nSPS) is 10.2. The van der Waals surface area contributed by atoms with E-state index in [1.807, 2.05) is 0 Å². The Bertz CT molecular complexity index is 662. The summed E-state index contributed by atoms with van der Waals surface area (Å²) < 4.78 is 19.1. The van der Waals surface area contributed by atoms with Gasteiger partial charge in [-0.05, 0) is 46.3 Å². The second kappa shape index (κ2) is 5.92. The van der Waals surface area contributed by atoms with Crippen molar-refractivity contribution in [1.29, 1.82) is 0 Å². The Hall–Kier alpha value is -2.08. The van der Waals surface area contributed by atoms with E-state index in [0.29, 0.717) is 27.2 Å². The molecule has 0 heterocycles. The van der Waals surface area contributed by atoms with Gasteiger partial charge in [-0.25, -0.2) is 4.39 Å². The van der Waals surface area contributed by atoms with Crippen LogP contribution in [0.1, 0.15) is 10.4 Å². The SMILES string of the molecule is CNC(=O)c1ccc(N)cc1Oc1ccc(F)cc1Br. The van der Waals surface area contributed by atoms with Gasteiger partial charge in [-0.2, -0.15) is 0 Å². The lowest BCUT2D eigenvalue weighted by molar-refractivity contribution is 0.0961. The number of hydrogen-bond acceptors (Lipinski definition) is 3. The first-order valence-electron chi connectivity index (χ1n) is 5.76. The first kappa shape index (κ1) is 14.3. The van der Waals surface area contributed by atoms with Crippen molar-refractivity contribution in [3.8, 4) is 11.5 Å². The van der Waals surface area contributed by atoms with E-state index in [0.717, 1.165) is 0 Å². The summed E-state index contributed by atoms with van der Waals surface area (Å²) in [5.41, 5.74) is 6.51. The van der Waals surface area contributed by atoms with Gasteiger partial charge in [-0.15, -0.1) is 0 Å². The van der Waals surface area contributed by atoms with Crippen LogP contribution in [0.15, 0.2) is 40.9 Å². The van der Waals surface area contributed by atoms with Crippen molar-refractivity contribution in [2.75, 3.05) is 12.8 Å². The number of halogens is 2. The number of hydrogen-bond donors (Lipinski definition) is 2. The van der Waals surface area contributed by atoms with E-state index >= 15 is 0 Å². The average Bonchev–Trinajstić information content (AvgIpc) is 2.41. The van der Waals surface area contributed by atoms with Gasteiger partial charge in [0.1, 0.15) is 17.3 Å². The molecule has 0 saturated carbocycles. The second-order valence-electron chi connectivity index (χ2n) is 4.01. The Morgan fingerprint density at radius 3 is 2.65 bits per heavy atom. The molecule has 2 aromatic rings. The Labute approximate surface area is 123 Å². The van der Waals surface area contributed by atoms with Crippen molar-refractivity contribution in [3.63, 3.8) is 0 Å². The minimum atomic E-state index is -0.386. The summed E-state index contributed by atoms with van der Waals surface area (Å²) in [5.74, 6) is 0.0142. The average molecular weight is 339 g/mol. The maximum atomic E-state index is 13.0. The fraction of sp³-hybridized carbons (Fsp3) is 0.0714. The van der Waals surface area contributed by atoms with Gasteiger partial charge >= 0.3 is 0 Å². The van der Waals surface area contributed by atoms with Gasteiger partial charge in [0.25, 0.3) is 5.91 Å². The van der Waals surface area contributed by atoms with Crippen LogP contribution in [0.5, 0.6) is 11.5 Å². The van der Waals surface area contributed by atoms with Gasteiger partial charge in [0, 0.05) is 18.8 Å². The number of carbonyl (C=O) groups is 1. The Morgan fingerprint density at radius 1 is 1.25 bits per heavy atom. The monoisotopic (exact) mass is 338 g/mol. The van der Waals surface area contributed by atoms with E-state index in [2.05, 4.69) is 21.2 Å². The van der Waals surface area contributed by atoms with Gasteiger partial charge in [0.05, 0.1) is 10.0 Å². The van der Waals surface area contributed by atoms with Gasteiger partial charge in [0.15, 0.2) is 0 Å². The highest BCUT2D eigenvalue weighted by atomic mass is 79.9. The van der Waals surface area contributed by atoms with Crippen molar-refractivity contribution in [2.45, 2.75) is 0 Å². The molecule has 0 saturated heterocycles. The summed E-state index contributed by atoms with van der Waals surface area (Å²) >= 11 is 3.20. The van der Waals surface area contributed by atoms with E-state index in [-0.39, 0.29) is 11.7 Å². The van der Waals surface area contributed by atoms with E-state index < -0.39 is 0 Å². The summed E-state index contributed by atoms with van der Waals surface area (Å²) in [6.45, 7) is 0. The van der Waals surface area contributed by atoms with Crippen LogP contribution in [0.3, 0.4) is 0 Å². The van der Waals surface area contributed by atoms with Crippen molar-refractivity contribution >= 4 is 27.5 Å². The highest BCUT2D eigenvalue weighted by molar-refractivity contribution is 9.10. The number of amides is 1. The second-order valence-corrected chi connectivity index (χ2v) is 4.87. The minimum absolute atomic E-state index is 0.293. The molecule has 0 unspecified atom stereocenters. The predicted octanol–water partition coefficient (Wildman–Crippen LogP) is 3.32. The number of benzene rings is 2. The molecular weight excluding hydrogens is 327 g/mol. The summed E-state index contributed by atoms with van der Waals surface area (Å²) in [6.07, 6.45) is 0. The van der Waals surface area contributed by atoms with Crippen LogP contribution in [0.4, 0.5) is 10.1 Å². The Kier molecular flexibility index (Phi) is 4.24. The topological polar surface area (TPSA) is 64.4 Å². The maximum absolute atomic E-state index is 13.0. The molecule has 3 N–H and O–H groups in total. The molecule has 1 amide bonds. The zero-order chi connectivity index (χ0) is 14.7. The first-order chi connectivity index (χ1) is 9.51. The van der Waals surface area contributed by atoms with E-state index in [1.165, 1.54) is 25.2 Å². The molecule has 0 spiro atoms. The summed E-state index contributed by atoms with van der Waals surface area (Å²) in [7, 11) is 1.52. The number of nitrogen functional groups attached to an aromatic ring is 1. The van der Waals surface area contributed by atoms with Crippen LogP contribution in [-0.2, 0) is 0 Å². The number of rotatable bonds is 3. The van der Waals surface area contributed by atoms with Crippen LogP contribution in [-0.4, -0.2) is 13.0 Å². The molecule has 0 atom stereocenters. The summed E-state index contributed by atoms with van der Waals surface area (Å²) in [4.78, 5) is 11.8. The molecule has 0 aromatic heterocycles. The smallest absolute Gasteiger partial charge is 0.254 e. The number of anilines is 1. The number of ether oxygens (including phenoxy) is 1. The molecule has 4 nitrogen and oxygen atoms in total. The molecule has 0 aliphatic heterocycles. The van der Waals surface area contributed by atoms with Gasteiger partial charge < -0.3 is 15.8 Å². The molecule has 0 radical (unpaired) electrons. The van der Waals surface area contributed by atoms with Crippen molar-refractivity contribution in [1.82, 2.24) is 5.32 Å². The van der Waals surface area contributed by atoms with Gasteiger partial charge in [0.2, 0.25) is 0 Å². The van der Waals surface area contributed by atoms with Gasteiger partial charge in [-0.1, -0.05) is 0 Å². The first-order valence-corrected chi connectivity index (χ1v) is 6.55. The minimum Gasteiger partial charge on any atom is -0.455 e. The van der Waals surface area contributed by atoms with E-state index in [1.54, 1.807) is 18.2 Å².